The predicted molar refractivity (Wildman–Crippen MR) is 38.3 cm³/mol. The second-order valence-corrected chi connectivity index (χ2v) is 2.79. The van der Waals surface area contributed by atoms with Gasteiger partial charge in [-0.15, -0.1) is 0 Å². The van der Waals surface area contributed by atoms with E-state index in [1.165, 1.54) is 0 Å². The molecule has 0 radical (unpaired) electrons. The quantitative estimate of drug-likeness (QED) is 0.623. The number of nitrogens with zero attached hydrogens (tertiary/aromatic N) is 1. The highest BCUT2D eigenvalue weighted by Gasteiger charge is 1.89. The highest BCUT2D eigenvalue weighted by atomic mass is 79.9. The smallest absolute Gasteiger partial charge is 0.133 e. The third kappa shape index (κ3) is 1.00. The van der Waals surface area contributed by atoms with Crippen LogP contribution in [0.2, 0.25) is 0 Å². The monoisotopic (exact) mass is 192 g/mol. The maximum absolute atomic E-state index is 4.85. The van der Waals surface area contributed by atoms with Gasteiger partial charge < -0.3 is 0 Å². The molecule has 0 aromatic carbocycles. The average molecular weight is 193 g/mol. The lowest BCUT2D eigenvalue weighted by Crippen LogP contribution is -1.84. The molecule has 0 saturated carbocycles. The van der Waals surface area contributed by atoms with Crippen LogP contribution in [-0.2, 0) is 7.05 Å². The van der Waals surface area contributed by atoms with Gasteiger partial charge in [0, 0.05) is 13.2 Å². The maximum atomic E-state index is 4.85. The Morgan fingerprint density at radius 2 is 2.50 bits per heavy atom. The van der Waals surface area contributed by atoms with Gasteiger partial charge in [0.25, 0.3) is 0 Å². The van der Waals surface area contributed by atoms with Crippen LogP contribution in [0, 0.1) is 4.64 Å². The molecule has 44 valence electrons. The lowest BCUT2D eigenvalue weighted by Gasteiger charge is -1.81. The molecule has 0 atom stereocenters. The molecule has 1 rings (SSSR count). The molecule has 1 heterocycles. The normalized spacial score (nSPS) is 9.75. The fraction of sp³-hybridized carbons (Fsp3) is 0.250. The molecule has 1 aromatic rings. The van der Waals surface area contributed by atoms with Gasteiger partial charge in [-0.1, -0.05) is 12.2 Å². The molecule has 0 saturated heterocycles. The zero-order valence-corrected chi connectivity index (χ0v) is 6.71. The Morgan fingerprint density at radius 1 is 1.88 bits per heavy atom. The van der Waals surface area contributed by atoms with E-state index in [2.05, 4.69) is 21.0 Å². The Kier molecular flexibility index (Phi) is 1.53. The molecule has 1 aromatic heterocycles. The van der Waals surface area contributed by atoms with Crippen LogP contribution in [0.1, 0.15) is 0 Å². The third-order valence-electron chi connectivity index (χ3n) is 0.802. The first-order valence-electron chi connectivity index (χ1n) is 2.11. The minimum Gasteiger partial charge on any atom is -0.296 e. The number of halogens is 1. The van der Waals surface area contributed by atoms with Gasteiger partial charge in [0.2, 0.25) is 0 Å². The van der Waals surface area contributed by atoms with E-state index in [0.717, 1.165) is 9.11 Å². The van der Waals surface area contributed by atoms with Gasteiger partial charge in [0.15, 0.2) is 0 Å². The van der Waals surface area contributed by atoms with Crippen molar-refractivity contribution in [1.29, 1.82) is 0 Å². The lowest BCUT2D eigenvalue weighted by molar-refractivity contribution is 0.763. The van der Waals surface area contributed by atoms with Crippen LogP contribution in [0.4, 0.5) is 0 Å². The van der Waals surface area contributed by atoms with E-state index in [4.69, 9.17) is 12.2 Å². The summed E-state index contributed by atoms with van der Waals surface area (Å²) in [5.41, 5.74) is 0. The summed E-state index contributed by atoms with van der Waals surface area (Å²) in [5, 5.41) is 2.89. The zero-order valence-electron chi connectivity index (χ0n) is 4.31. The molecule has 0 aliphatic carbocycles. The van der Waals surface area contributed by atoms with Gasteiger partial charge in [0.1, 0.15) is 4.64 Å². The molecule has 0 spiro atoms. The van der Waals surface area contributed by atoms with Gasteiger partial charge in [0.05, 0.1) is 4.47 Å². The Morgan fingerprint density at radius 3 is 2.62 bits per heavy atom. The van der Waals surface area contributed by atoms with Crippen molar-refractivity contribution in [3.8, 4) is 0 Å². The highest BCUT2D eigenvalue weighted by Crippen LogP contribution is 2.07. The molecular weight excluding hydrogens is 188 g/mol. The van der Waals surface area contributed by atoms with Crippen molar-refractivity contribution in [2.45, 2.75) is 0 Å². The molecule has 1 N–H and O–H groups in total. The number of aryl methyl sites for hydroxylation is 1. The number of rotatable bonds is 0. The van der Waals surface area contributed by atoms with E-state index in [-0.39, 0.29) is 0 Å². The van der Waals surface area contributed by atoms with Crippen molar-refractivity contribution in [3.05, 3.63) is 15.3 Å². The van der Waals surface area contributed by atoms with Crippen LogP contribution in [0.25, 0.3) is 0 Å². The van der Waals surface area contributed by atoms with Crippen molar-refractivity contribution >= 4 is 28.1 Å². The summed E-state index contributed by atoms with van der Waals surface area (Å²) in [6, 6.07) is 0. The molecule has 0 amide bonds. The number of nitrogens with one attached hydrogen (secondary N) is 1. The summed E-state index contributed by atoms with van der Waals surface area (Å²) < 4.78 is 3.48. The van der Waals surface area contributed by atoms with E-state index < -0.39 is 0 Å². The number of hydrogen-bond acceptors (Lipinski definition) is 1. The molecule has 0 bridgehead atoms. The predicted octanol–water partition coefficient (Wildman–Crippen LogP) is 1.85. The maximum Gasteiger partial charge on any atom is 0.133 e. The fourth-order valence-electron chi connectivity index (χ4n) is 0.474. The Labute approximate surface area is 60.6 Å². The van der Waals surface area contributed by atoms with Crippen molar-refractivity contribution in [1.82, 2.24) is 9.78 Å². The van der Waals surface area contributed by atoms with E-state index in [1.807, 2.05) is 13.2 Å². The van der Waals surface area contributed by atoms with Gasteiger partial charge in [-0.25, -0.2) is 0 Å². The number of H-pyrrole nitrogens is 1. The topological polar surface area (TPSA) is 20.7 Å². The average Bonchev–Trinajstić information content (AvgIpc) is 1.85. The van der Waals surface area contributed by atoms with Gasteiger partial charge >= 0.3 is 0 Å². The van der Waals surface area contributed by atoms with Crippen molar-refractivity contribution in [3.63, 3.8) is 0 Å². The van der Waals surface area contributed by atoms with Crippen LogP contribution < -0.4 is 0 Å². The van der Waals surface area contributed by atoms with Crippen LogP contribution in [0.3, 0.4) is 0 Å². The molecule has 2 nitrogen and oxygen atoms in total. The third-order valence-corrected chi connectivity index (χ3v) is 1.98. The Hall–Kier alpha value is -0.0900. The number of aromatic nitrogens is 2. The van der Waals surface area contributed by atoms with Gasteiger partial charge in [-0.2, -0.15) is 0 Å². The molecule has 4 heteroatoms. The van der Waals surface area contributed by atoms with Gasteiger partial charge in [-0.3, -0.25) is 9.78 Å². The second-order valence-electron chi connectivity index (χ2n) is 1.53. The minimum absolute atomic E-state index is 0.743. The second kappa shape index (κ2) is 2.03. The summed E-state index contributed by atoms with van der Waals surface area (Å²) in [4.78, 5) is 0. The zero-order chi connectivity index (χ0) is 6.15. The Balaban J connectivity index is 3.35. The summed E-state index contributed by atoms with van der Waals surface area (Å²) >= 11 is 8.11. The fourth-order valence-corrected chi connectivity index (χ4v) is 1.07. The first-order chi connectivity index (χ1) is 3.70. The standard InChI is InChI=1S/C4H5BrN2S/c1-7-2-3(5)4(8)6-7/h2H,1H3,(H,6,8). The van der Waals surface area contributed by atoms with Crippen molar-refractivity contribution < 1.29 is 0 Å². The molecule has 0 aliphatic rings. The van der Waals surface area contributed by atoms with E-state index in [0.29, 0.717) is 0 Å². The van der Waals surface area contributed by atoms with E-state index >= 15 is 0 Å². The van der Waals surface area contributed by atoms with Crippen LogP contribution in [0.5, 0.6) is 0 Å². The first kappa shape index (κ1) is 6.04. The van der Waals surface area contributed by atoms with Crippen LogP contribution in [-0.4, -0.2) is 9.78 Å². The number of aromatic amines is 1. The molecule has 8 heavy (non-hydrogen) atoms. The SMILES string of the molecule is Cn1cc(Br)c(=S)[nH]1. The molecular formula is C4H5BrN2S. The summed E-state index contributed by atoms with van der Waals surface area (Å²) in [5.74, 6) is 0. The molecule has 0 aliphatic heterocycles. The van der Waals surface area contributed by atoms with Gasteiger partial charge in [-0.05, 0) is 15.9 Å². The van der Waals surface area contributed by atoms with Crippen molar-refractivity contribution in [2.75, 3.05) is 0 Å². The minimum atomic E-state index is 0.743. The summed E-state index contributed by atoms with van der Waals surface area (Å²) in [6.45, 7) is 0. The molecule has 0 unspecified atom stereocenters. The largest absolute Gasteiger partial charge is 0.296 e. The summed E-state index contributed by atoms with van der Waals surface area (Å²) in [7, 11) is 1.89. The number of hydrogen-bond donors (Lipinski definition) is 1. The van der Waals surface area contributed by atoms with Crippen molar-refractivity contribution in [2.24, 2.45) is 7.05 Å². The van der Waals surface area contributed by atoms with E-state index in [1.54, 1.807) is 4.68 Å². The van der Waals surface area contributed by atoms with E-state index in [9.17, 15) is 0 Å². The van der Waals surface area contributed by atoms with Crippen LogP contribution in [0.15, 0.2) is 10.7 Å². The lowest BCUT2D eigenvalue weighted by atomic mass is 10.7. The highest BCUT2D eigenvalue weighted by molar-refractivity contribution is 9.10. The first-order valence-corrected chi connectivity index (χ1v) is 3.31. The summed E-state index contributed by atoms with van der Waals surface area (Å²) in [6.07, 6.45) is 1.88. The van der Waals surface area contributed by atoms with Crippen LogP contribution >= 0.6 is 28.1 Å². The Bertz CT molecular complexity index is 236. The molecule has 0 fully saturated rings.